The molecule has 4 saturated heterocycles. The minimum absolute atomic E-state index is 0.0492. The number of anilines is 1. The molecule has 4 aliphatic heterocycles. The first-order valence-electron chi connectivity index (χ1n) is 18.2. The third-order valence-electron chi connectivity index (χ3n) is 10.7. The van der Waals surface area contributed by atoms with Crippen molar-refractivity contribution < 1.29 is 50.5 Å². The summed E-state index contributed by atoms with van der Waals surface area (Å²) in [4.78, 5) is 41.1. The lowest BCUT2D eigenvalue weighted by Crippen LogP contribution is -2.51. The Balaban J connectivity index is 1.13. The molecule has 18 heteroatoms. The number of carbonyl (C=O) groups excluding carboxylic acids is 2. The Kier molecular flexibility index (Phi) is 10.1. The summed E-state index contributed by atoms with van der Waals surface area (Å²) in [6.45, 7) is 3.08. The van der Waals surface area contributed by atoms with E-state index in [1.807, 2.05) is 9.80 Å². The normalized spacial score (nSPS) is 23.3. The number of hydrogen-bond acceptors (Lipinski definition) is 12. The number of benzene rings is 2. The Morgan fingerprint density at radius 2 is 1.79 bits per heavy atom. The predicted octanol–water partition coefficient (Wildman–Crippen LogP) is 7.04. The van der Waals surface area contributed by atoms with E-state index in [1.165, 1.54) is 37.4 Å². The van der Waals surface area contributed by atoms with Gasteiger partial charge < -0.3 is 29.2 Å². The van der Waals surface area contributed by atoms with Crippen molar-refractivity contribution in [1.29, 1.82) is 0 Å². The SMILES string of the molecule is CC(=O)Oc1ccc(COC(=O)Oc2cc(Cl)c(C(F)(F)F)c(-c3ncc4c(N5CC6CCC(C5)N6)nc(OC[C@@]56CCCN5C[C@H](F)C6)nc4c3F)c2)cc1. The number of pyridine rings is 1. The molecule has 2 aromatic carbocycles. The lowest BCUT2D eigenvalue weighted by molar-refractivity contribution is -0.137. The molecule has 4 aromatic rings. The Morgan fingerprint density at radius 1 is 1.04 bits per heavy atom. The predicted molar refractivity (Wildman–Crippen MR) is 192 cm³/mol. The molecule has 0 radical (unpaired) electrons. The van der Waals surface area contributed by atoms with Crippen LogP contribution < -0.4 is 24.4 Å². The first-order valence-corrected chi connectivity index (χ1v) is 18.5. The molecule has 2 unspecified atom stereocenters. The van der Waals surface area contributed by atoms with E-state index in [4.69, 9.17) is 30.5 Å². The van der Waals surface area contributed by atoms with Gasteiger partial charge >= 0.3 is 24.3 Å². The number of nitrogens with one attached hydrogen (secondary N) is 1. The second kappa shape index (κ2) is 14.9. The number of ether oxygens (including phenoxy) is 4. The van der Waals surface area contributed by atoms with Gasteiger partial charge in [-0.25, -0.2) is 13.6 Å². The van der Waals surface area contributed by atoms with Crippen molar-refractivity contribution in [3.05, 3.63) is 64.6 Å². The first kappa shape index (κ1) is 38.0. The highest BCUT2D eigenvalue weighted by molar-refractivity contribution is 6.32. The van der Waals surface area contributed by atoms with Crippen molar-refractivity contribution >= 4 is 40.4 Å². The van der Waals surface area contributed by atoms with Gasteiger partial charge in [0.15, 0.2) is 5.82 Å². The van der Waals surface area contributed by atoms with Crippen LogP contribution in [0.5, 0.6) is 17.5 Å². The van der Waals surface area contributed by atoms with Crippen LogP contribution in [0.15, 0.2) is 42.6 Å². The summed E-state index contributed by atoms with van der Waals surface area (Å²) in [6, 6.07) is 7.70. The molecular formula is C38H36ClF5N6O6. The highest BCUT2D eigenvalue weighted by Gasteiger charge is 2.49. The summed E-state index contributed by atoms with van der Waals surface area (Å²) < 4.78 is 96.6. The van der Waals surface area contributed by atoms with E-state index in [-0.39, 0.29) is 60.9 Å². The van der Waals surface area contributed by atoms with Gasteiger partial charge in [-0.3, -0.25) is 14.7 Å². The van der Waals surface area contributed by atoms with Crippen molar-refractivity contribution in [3.63, 3.8) is 0 Å². The molecule has 0 aliphatic carbocycles. The van der Waals surface area contributed by atoms with Crippen molar-refractivity contribution in [2.45, 2.75) is 75.6 Å². The van der Waals surface area contributed by atoms with Crippen LogP contribution in [0.3, 0.4) is 0 Å². The number of nitrogens with zero attached hydrogens (tertiary/aromatic N) is 5. The lowest BCUT2D eigenvalue weighted by atomic mass is 9.95. The molecular weight excluding hydrogens is 767 g/mol. The van der Waals surface area contributed by atoms with Crippen molar-refractivity contribution in [2.75, 3.05) is 37.7 Å². The summed E-state index contributed by atoms with van der Waals surface area (Å²) in [5, 5.41) is 2.80. The molecule has 0 spiro atoms. The lowest BCUT2D eigenvalue weighted by Gasteiger charge is -2.34. The molecule has 2 bridgehead atoms. The largest absolute Gasteiger partial charge is 0.514 e. The smallest absolute Gasteiger partial charge is 0.461 e. The third kappa shape index (κ3) is 7.63. The van der Waals surface area contributed by atoms with Crippen molar-refractivity contribution in [2.24, 2.45) is 0 Å². The zero-order chi connectivity index (χ0) is 39.4. The number of hydrogen-bond donors (Lipinski definition) is 1. The Morgan fingerprint density at radius 3 is 2.50 bits per heavy atom. The van der Waals surface area contributed by atoms with Gasteiger partial charge in [-0.2, -0.15) is 23.1 Å². The Bertz CT molecular complexity index is 2170. The van der Waals surface area contributed by atoms with Gasteiger partial charge in [-0.05, 0) is 56.0 Å². The zero-order valence-corrected chi connectivity index (χ0v) is 30.8. The molecule has 4 fully saturated rings. The molecule has 0 amide bonds. The maximum absolute atomic E-state index is 16.9. The number of halogens is 6. The van der Waals surface area contributed by atoms with E-state index in [0.29, 0.717) is 30.9 Å². The highest BCUT2D eigenvalue weighted by atomic mass is 35.5. The number of rotatable bonds is 9. The number of piperazine rings is 1. The fraction of sp³-hybridized carbons (Fsp3) is 0.447. The monoisotopic (exact) mass is 802 g/mol. The van der Waals surface area contributed by atoms with Crippen molar-refractivity contribution in [1.82, 2.24) is 25.2 Å². The molecule has 0 saturated carbocycles. The molecule has 296 valence electrons. The number of aromatic nitrogens is 3. The average Bonchev–Trinajstić information content (AvgIpc) is 3.79. The van der Waals surface area contributed by atoms with E-state index in [9.17, 15) is 27.2 Å². The van der Waals surface area contributed by atoms with Gasteiger partial charge in [0, 0.05) is 62.9 Å². The van der Waals surface area contributed by atoms with Crippen molar-refractivity contribution in [3.8, 4) is 28.8 Å². The van der Waals surface area contributed by atoms with Gasteiger partial charge in [0.05, 0.1) is 21.5 Å². The van der Waals surface area contributed by atoms with E-state index in [1.54, 1.807) is 0 Å². The minimum Gasteiger partial charge on any atom is -0.461 e. The molecule has 4 atom stereocenters. The molecule has 4 aliphatic rings. The number of alkyl halides is 4. The van der Waals surface area contributed by atoms with Crippen LogP contribution >= 0.6 is 11.6 Å². The number of carbonyl (C=O) groups is 2. The quantitative estimate of drug-likeness (QED) is 0.0807. The van der Waals surface area contributed by atoms with Crippen LogP contribution in [0.25, 0.3) is 22.2 Å². The van der Waals surface area contributed by atoms with Crippen LogP contribution in [0.4, 0.5) is 32.6 Å². The van der Waals surface area contributed by atoms with Gasteiger partial charge in [-0.15, -0.1) is 0 Å². The highest BCUT2D eigenvalue weighted by Crippen LogP contribution is 2.45. The minimum atomic E-state index is -5.08. The number of fused-ring (bicyclic) bond motifs is 4. The summed E-state index contributed by atoms with van der Waals surface area (Å²) >= 11 is 6.16. The fourth-order valence-electron chi connectivity index (χ4n) is 8.34. The second-order valence-corrected chi connectivity index (χ2v) is 15.0. The van der Waals surface area contributed by atoms with E-state index in [0.717, 1.165) is 37.9 Å². The second-order valence-electron chi connectivity index (χ2n) is 14.6. The van der Waals surface area contributed by atoms with Crippen LogP contribution in [0.2, 0.25) is 5.02 Å². The topological polar surface area (TPSA) is 128 Å². The fourth-order valence-corrected chi connectivity index (χ4v) is 8.65. The van der Waals surface area contributed by atoms with Crippen LogP contribution in [0.1, 0.15) is 50.2 Å². The molecule has 56 heavy (non-hydrogen) atoms. The van der Waals surface area contributed by atoms with E-state index in [2.05, 4.69) is 20.3 Å². The zero-order valence-electron chi connectivity index (χ0n) is 30.0. The van der Waals surface area contributed by atoms with Crippen LogP contribution in [-0.2, 0) is 22.3 Å². The van der Waals surface area contributed by atoms with E-state index < -0.39 is 63.4 Å². The van der Waals surface area contributed by atoms with Crippen LogP contribution in [-0.4, -0.2) is 88.6 Å². The van der Waals surface area contributed by atoms with Gasteiger partial charge in [0.25, 0.3) is 0 Å². The maximum Gasteiger partial charge on any atom is 0.514 e. The number of esters is 1. The summed E-state index contributed by atoms with van der Waals surface area (Å²) in [5.74, 6) is -1.61. The Hall–Kier alpha value is -4.87. The Labute approximate surface area is 322 Å². The standard InChI is InChI=1S/C38H36ClF5N6O6/c1-20(51)55-25-7-3-21(4-8-25)18-53-36(52)56-26-11-27(30(29(39)12-26)38(42,43)44)32-31(41)33-28(14-45-32)34(49-16-23-5-6-24(17-49)46-23)48-35(47-33)54-19-37-9-2-10-50(37)15-22(40)13-37/h3-4,7-8,11-12,14,22-24,46H,2,5-6,9-10,13,15-19H2,1H3/t22-,23?,24?,37+/m1/s1. The summed E-state index contributed by atoms with van der Waals surface area (Å²) in [6.07, 6.45) is -2.46. The van der Waals surface area contributed by atoms with E-state index >= 15 is 4.39 Å². The molecule has 6 heterocycles. The van der Waals surface area contributed by atoms with Gasteiger partial charge in [0.1, 0.15) is 47.9 Å². The molecule has 12 nitrogen and oxygen atoms in total. The summed E-state index contributed by atoms with van der Waals surface area (Å²) in [7, 11) is 0. The molecule has 1 N–H and O–H groups in total. The molecule has 2 aromatic heterocycles. The van der Waals surface area contributed by atoms with Gasteiger partial charge in [0.2, 0.25) is 0 Å². The molecule has 8 rings (SSSR count). The van der Waals surface area contributed by atoms with Crippen LogP contribution in [0, 0.1) is 5.82 Å². The third-order valence-corrected chi connectivity index (χ3v) is 11.0. The first-order chi connectivity index (χ1) is 26.7. The summed E-state index contributed by atoms with van der Waals surface area (Å²) in [5.41, 5.74) is -3.40. The maximum atomic E-state index is 16.9. The average molecular weight is 803 g/mol. The van der Waals surface area contributed by atoms with Gasteiger partial charge in [-0.1, -0.05) is 23.7 Å².